The summed E-state index contributed by atoms with van der Waals surface area (Å²) in [6.45, 7) is 5.25. The third kappa shape index (κ3) is 6.44. The van der Waals surface area contributed by atoms with Crippen molar-refractivity contribution in [3.05, 3.63) is 77.9 Å². The van der Waals surface area contributed by atoms with Crippen molar-refractivity contribution in [2.24, 2.45) is 0 Å². The Kier molecular flexibility index (Phi) is 8.38. The maximum atomic E-state index is 14.0. The average molecular weight is 502 g/mol. The molecule has 8 heteroatoms. The van der Waals surface area contributed by atoms with Crippen LogP contribution in [0.2, 0.25) is 0 Å². The normalized spacial score (nSPS) is 14.6. The minimum Gasteiger partial charge on any atom is -0.351 e. The summed E-state index contributed by atoms with van der Waals surface area (Å²) >= 11 is 0. The molecule has 1 aliphatic rings. The molecule has 0 spiro atoms. The molecule has 1 saturated carbocycles. The molecule has 2 N–H and O–H groups in total. The van der Waals surface area contributed by atoms with Gasteiger partial charge in [0.2, 0.25) is 17.7 Å². The minimum absolute atomic E-state index is 0.0231. The molecular weight excluding hydrogens is 466 g/mol. The maximum absolute atomic E-state index is 14.0. The Balaban J connectivity index is 1.80. The van der Waals surface area contributed by atoms with Gasteiger partial charge in [-0.3, -0.25) is 19.3 Å². The quantitative estimate of drug-likeness (QED) is 0.468. The van der Waals surface area contributed by atoms with Gasteiger partial charge >= 0.3 is 0 Å². The third-order valence-electron chi connectivity index (χ3n) is 6.88. The van der Waals surface area contributed by atoms with Gasteiger partial charge in [0.05, 0.1) is 0 Å². The van der Waals surface area contributed by atoms with Crippen LogP contribution in [0.1, 0.15) is 62.0 Å². The Morgan fingerprint density at radius 3 is 2.49 bits per heavy atom. The molecule has 194 valence electrons. The van der Waals surface area contributed by atoms with Crippen LogP contribution >= 0.6 is 0 Å². The Morgan fingerprint density at radius 2 is 1.81 bits per heavy atom. The van der Waals surface area contributed by atoms with Gasteiger partial charge in [-0.2, -0.15) is 0 Å². The summed E-state index contributed by atoms with van der Waals surface area (Å²) in [6.07, 6.45) is 8.63. The van der Waals surface area contributed by atoms with Gasteiger partial charge in [0.15, 0.2) is 0 Å². The number of hydrogen-bond donors (Lipinski definition) is 2. The molecule has 1 aromatic heterocycles. The molecule has 0 saturated heterocycles. The third-order valence-corrected chi connectivity index (χ3v) is 6.88. The number of hydrogen-bond acceptors (Lipinski definition) is 4. The van der Waals surface area contributed by atoms with Crippen molar-refractivity contribution in [2.75, 3.05) is 10.2 Å². The summed E-state index contributed by atoms with van der Waals surface area (Å²) in [5.74, 6) is 0.0314. The predicted octanol–water partition coefficient (Wildman–Crippen LogP) is 4.68. The van der Waals surface area contributed by atoms with Gasteiger partial charge in [0.1, 0.15) is 18.4 Å². The monoisotopic (exact) mass is 501 g/mol. The SMILES string of the molecule is CC(=O)Nc1cccc(N(C(=O)Cn2ccnc2C)C(C(=O)NC2CCCCC2)c2ccccc2C)c1. The van der Waals surface area contributed by atoms with Gasteiger partial charge in [-0.1, -0.05) is 49.6 Å². The van der Waals surface area contributed by atoms with E-state index < -0.39 is 6.04 Å². The topological polar surface area (TPSA) is 96.3 Å². The fourth-order valence-corrected chi connectivity index (χ4v) is 4.98. The van der Waals surface area contributed by atoms with Crippen LogP contribution in [0.5, 0.6) is 0 Å². The van der Waals surface area contributed by atoms with Crippen LogP contribution in [0.25, 0.3) is 0 Å². The van der Waals surface area contributed by atoms with Gasteiger partial charge in [-0.05, 0) is 56.0 Å². The Morgan fingerprint density at radius 1 is 1.05 bits per heavy atom. The van der Waals surface area contributed by atoms with Gasteiger partial charge in [-0.25, -0.2) is 4.98 Å². The lowest BCUT2D eigenvalue weighted by Crippen LogP contribution is -2.48. The fourth-order valence-electron chi connectivity index (χ4n) is 4.98. The second-order valence-electron chi connectivity index (χ2n) is 9.70. The van der Waals surface area contributed by atoms with Gasteiger partial charge in [0, 0.05) is 36.7 Å². The molecule has 3 amide bonds. The molecule has 8 nitrogen and oxygen atoms in total. The van der Waals surface area contributed by atoms with Crippen molar-refractivity contribution in [1.29, 1.82) is 0 Å². The number of rotatable bonds is 8. The predicted molar refractivity (Wildman–Crippen MR) is 144 cm³/mol. The molecule has 2 aromatic carbocycles. The highest BCUT2D eigenvalue weighted by molar-refractivity contribution is 6.02. The van der Waals surface area contributed by atoms with Crippen molar-refractivity contribution in [1.82, 2.24) is 14.9 Å². The van der Waals surface area contributed by atoms with E-state index in [1.165, 1.54) is 13.3 Å². The van der Waals surface area contributed by atoms with E-state index in [1.807, 2.05) is 38.1 Å². The Labute approximate surface area is 218 Å². The summed E-state index contributed by atoms with van der Waals surface area (Å²) in [4.78, 5) is 45.6. The molecule has 0 radical (unpaired) electrons. The number of amides is 3. The first-order chi connectivity index (χ1) is 17.8. The number of carbonyl (C=O) groups is 3. The standard InChI is InChI=1S/C29H35N5O3/c1-20-10-7-8-15-26(20)28(29(37)32-23-11-5-4-6-12-23)34(27(36)19-33-17-16-30-21(33)2)25-14-9-13-24(18-25)31-22(3)35/h7-10,13-18,23,28H,4-6,11-12,19H2,1-3H3,(H,31,35)(H,32,37). The largest absolute Gasteiger partial charge is 0.351 e. The van der Waals surface area contributed by atoms with Gasteiger partial charge < -0.3 is 15.2 Å². The van der Waals surface area contributed by atoms with Crippen LogP contribution in [-0.2, 0) is 20.9 Å². The van der Waals surface area contributed by atoms with E-state index in [9.17, 15) is 14.4 Å². The van der Waals surface area contributed by atoms with E-state index in [4.69, 9.17) is 0 Å². The molecule has 37 heavy (non-hydrogen) atoms. The van der Waals surface area contributed by atoms with Crippen LogP contribution < -0.4 is 15.5 Å². The highest BCUT2D eigenvalue weighted by atomic mass is 16.2. The first kappa shape index (κ1) is 26.1. The lowest BCUT2D eigenvalue weighted by molar-refractivity contribution is -0.127. The number of nitrogens with one attached hydrogen (secondary N) is 2. The number of carbonyl (C=O) groups excluding carboxylic acids is 3. The van der Waals surface area contributed by atoms with E-state index in [1.54, 1.807) is 46.1 Å². The molecule has 0 bridgehead atoms. The van der Waals surface area contributed by atoms with E-state index in [-0.39, 0.29) is 30.3 Å². The molecule has 0 aliphatic heterocycles. The molecule has 4 rings (SSSR count). The highest BCUT2D eigenvalue weighted by Gasteiger charge is 2.35. The number of anilines is 2. The van der Waals surface area contributed by atoms with Crippen molar-refractivity contribution in [3.63, 3.8) is 0 Å². The highest BCUT2D eigenvalue weighted by Crippen LogP contribution is 2.32. The zero-order valence-corrected chi connectivity index (χ0v) is 21.7. The number of nitrogens with zero attached hydrogens (tertiary/aromatic N) is 3. The van der Waals surface area contributed by atoms with E-state index in [2.05, 4.69) is 15.6 Å². The smallest absolute Gasteiger partial charge is 0.248 e. The first-order valence-corrected chi connectivity index (χ1v) is 12.9. The van der Waals surface area contributed by atoms with Crippen molar-refractivity contribution < 1.29 is 14.4 Å². The van der Waals surface area contributed by atoms with Crippen molar-refractivity contribution in [3.8, 4) is 0 Å². The van der Waals surface area contributed by atoms with E-state index in [0.29, 0.717) is 17.2 Å². The van der Waals surface area contributed by atoms with Gasteiger partial charge in [0.25, 0.3) is 0 Å². The molecule has 1 atom stereocenters. The molecule has 3 aromatic rings. The fraction of sp³-hybridized carbons (Fsp3) is 0.379. The lowest BCUT2D eigenvalue weighted by atomic mass is 9.93. The number of aromatic nitrogens is 2. The summed E-state index contributed by atoms with van der Waals surface area (Å²) in [7, 11) is 0. The second kappa shape index (κ2) is 11.9. The first-order valence-electron chi connectivity index (χ1n) is 12.9. The summed E-state index contributed by atoms with van der Waals surface area (Å²) in [5.41, 5.74) is 2.76. The zero-order valence-electron chi connectivity index (χ0n) is 21.7. The van der Waals surface area contributed by atoms with Gasteiger partial charge in [-0.15, -0.1) is 0 Å². The zero-order chi connectivity index (χ0) is 26.4. The van der Waals surface area contributed by atoms with E-state index in [0.717, 1.165) is 36.8 Å². The summed E-state index contributed by atoms with van der Waals surface area (Å²) in [5, 5.41) is 6.03. The maximum Gasteiger partial charge on any atom is 0.248 e. The summed E-state index contributed by atoms with van der Waals surface area (Å²) in [6, 6.07) is 13.9. The van der Waals surface area contributed by atoms with Crippen molar-refractivity contribution >= 4 is 29.1 Å². The van der Waals surface area contributed by atoms with Crippen LogP contribution in [0, 0.1) is 13.8 Å². The Hall–Kier alpha value is -3.94. The van der Waals surface area contributed by atoms with Crippen LogP contribution in [0.15, 0.2) is 60.9 Å². The molecular formula is C29H35N5O3. The number of benzene rings is 2. The second-order valence-corrected chi connectivity index (χ2v) is 9.70. The summed E-state index contributed by atoms with van der Waals surface area (Å²) < 4.78 is 1.76. The van der Waals surface area contributed by atoms with Crippen LogP contribution in [0.3, 0.4) is 0 Å². The van der Waals surface area contributed by atoms with E-state index >= 15 is 0 Å². The van der Waals surface area contributed by atoms with Crippen LogP contribution in [0.4, 0.5) is 11.4 Å². The average Bonchev–Trinajstić information content (AvgIpc) is 3.27. The lowest BCUT2D eigenvalue weighted by Gasteiger charge is -2.34. The molecule has 1 unspecified atom stereocenters. The van der Waals surface area contributed by atoms with Crippen molar-refractivity contribution in [2.45, 2.75) is 71.5 Å². The van der Waals surface area contributed by atoms with Crippen LogP contribution in [-0.4, -0.2) is 33.3 Å². The molecule has 1 heterocycles. The number of aryl methyl sites for hydroxylation is 2. The molecule has 1 aliphatic carbocycles. The Bertz CT molecular complexity index is 1260. The number of imidazole rings is 1. The minimum atomic E-state index is -0.882. The molecule has 1 fully saturated rings.